The van der Waals surface area contributed by atoms with Crippen LogP contribution in [-0.4, -0.2) is 34.5 Å². The molecule has 2 aromatic rings. The van der Waals surface area contributed by atoms with Crippen LogP contribution in [-0.2, 0) is 4.79 Å². The first-order valence-corrected chi connectivity index (χ1v) is 9.18. The van der Waals surface area contributed by atoms with Crippen LogP contribution >= 0.6 is 0 Å². The highest BCUT2D eigenvalue weighted by Crippen LogP contribution is 2.18. The predicted octanol–water partition coefficient (Wildman–Crippen LogP) is -0.831. The normalized spacial score (nSPS) is 12.4. The number of carbonyl (C=O) groups is 2. The molecule has 0 spiro atoms. The molecule has 0 radical (unpaired) electrons. The summed E-state index contributed by atoms with van der Waals surface area (Å²) >= 11 is 0. The van der Waals surface area contributed by atoms with Gasteiger partial charge in [-0.2, -0.15) is 0 Å². The highest BCUT2D eigenvalue weighted by atomic mass is 35.5. The predicted molar refractivity (Wildman–Crippen MR) is 108 cm³/mol. The molecule has 2 aromatic carbocycles. The summed E-state index contributed by atoms with van der Waals surface area (Å²) in [6.07, 6.45) is -0.388. The van der Waals surface area contributed by atoms with Gasteiger partial charge in [0.15, 0.2) is 5.78 Å². The number of nitrogens with two attached hydrogens (primary N) is 1. The third-order valence-electron chi connectivity index (χ3n) is 4.47. The Morgan fingerprint density at radius 3 is 2.45 bits per heavy atom. The maximum atomic E-state index is 12.4. The zero-order valence-electron chi connectivity index (χ0n) is 16.6. The van der Waals surface area contributed by atoms with Gasteiger partial charge < -0.3 is 33.3 Å². The minimum atomic E-state index is -0.698. The van der Waals surface area contributed by atoms with Crippen LogP contribution in [0.2, 0.25) is 0 Å². The van der Waals surface area contributed by atoms with E-state index in [9.17, 15) is 19.8 Å². The number of carbonyl (C=O) groups excluding carboxylic acids is 2. The number of nitrogens with one attached hydrogen (secondary N) is 1. The fourth-order valence-corrected chi connectivity index (χ4v) is 2.73. The number of phenolic OH excluding ortho intramolecular Hbond substituents is 1. The number of amides is 1. The van der Waals surface area contributed by atoms with Crippen molar-refractivity contribution in [1.29, 1.82) is 0 Å². The third kappa shape index (κ3) is 7.34. The Hall–Kier alpha value is -2.67. The van der Waals surface area contributed by atoms with Gasteiger partial charge in [0, 0.05) is 16.8 Å². The van der Waals surface area contributed by atoms with Gasteiger partial charge in [-0.1, -0.05) is 30.8 Å². The molecule has 6 nitrogen and oxygen atoms in total. The summed E-state index contributed by atoms with van der Waals surface area (Å²) in [7, 11) is 0. The number of aliphatic hydroxyl groups is 1. The third-order valence-corrected chi connectivity index (χ3v) is 4.47. The first-order valence-electron chi connectivity index (χ1n) is 9.18. The molecule has 0 aliphatic rings. The second-order valence-corrected chi connectivity index (χ2v) is 6.91. The van der Waals surface area contributed by atoms with Crippen molar-refractivity contribution in [3.63, 3.8) is 0 Å². The molecule has 0 aromatic heterocycles. The van der Waals surface area contributed by atoms with Crippen LogP contribution in [0.4, 0.5) is 5.69 Å². The molecule has 2 unspecified atom stereocenters. The Balaban J connectivity index is 0.00000420. The summed E-state index contributed by atoms with van der Waals surface area (Å²) in [6.45, 7) is 7.62. The van der Waals surface area contributed by atoms with Gasteiger partial charge in [-0.05, 0) is 43.7 Å². The Kier molecular flexibility index (Phi) is 9.55. The monoisotopic (exact) mass is 418 g/mol. The molecular weight excluding hydrogens is 392 g/mol. The number of aliphatic hydroxyl groups excluding tert-OH is 1. The molecule has 0 saturated heterocycles. The summed E-state index contributed by atoms with van der Waals surface area (Å²) in [4.78, 5) is 24.1. The Bertz CT molecular complexity index is 852. The highest BCUT2D eigenvalue weighted by Gasteiger charge is 2.19. The van der Waals surface area contributed by atoms with Crippen LogP contribution in [0.5, 0.6) is 5.75 Å². The zero-order chi connectivity index (χ0) is 20.7. The summed E-state index contributed by atoms with van der Waals surface area (Å²) in [6, 6.07) is 13.1. The van der Waals surface area contributed by atoms with Crippen LogP contribution < -0.4 is 23.0 Å². The second-order valence-electron chi connectivity index (χ2n) is 6.91. The van der Waals surface area contributed by atoms with Crippen molar-refractivity contribution in [2.75, 3.05) is 11.9 Å². The van der Waals surface area contributed by atoms with Gasteiger partial charge in [-0.15, -0.1) is 0 Å². The number of halogens is 1. The van der Waals surface area contributed by atoms with E-state index in [1.807, 2.05) is 12.2 Å². The minimum absolute atomic E-state index is 0. The minimum Gasteiger partial charge on any atom is -1.00 e. The molecule has 29 heavy (non-hydrogen) atoms. The van der Waals surface area contributed by atoms with Gasteiger partial charge >= 0.3 is 0 Å². The average Bonchev–Trinajstić information content (AvgIpc) is 2.67. The molecule has 0 heterocycles. The van der Waals surface area contributed by atoms with Crippen molar-refractivity contribution >= 4 is 17.4 Å². The van der Waals surface area contributed by atoms with E-state index in [1.165, 1.54) is 12.1 Å². The summed E-state index contributed by atoms with van der Waals surface area (Å²) in [5.74, 6) is -0.163. The van der Waals surface area contributed by atoms with Crippen LogP contribution in [0.15, 0.2) is 60.7 Å². The molecule has 0 saturated carbocycles. The van der Waals surface area contributed by atoms with E-state index in [4.69, 9.17) is 0 Å². The van der Waals surface area contributed by atoms with Crippen molar-refractivity contribution in [3.05, 3.63) is 71.8 Å². The van der Waals surface area contributed by atoms with Crippen molar-refractivity contribution in [3.8, 4) is 5.75 Å². The van der Waals surface area contributed by atoms with Crippen LogP contribution in [0.1, 0.15) is 42.3 Å². The molecule has 0 fully saturated rings. The summed E-state index contributed by atoms with van der Waals surface area (Å²) in [5, 5.41) is 24.3. The number of hydrogen-bond donors (Lipinski definition) is 4. The van der Waals surface area contributed by atoms with Gasteiger partial charge in [0.25, 0.3) is 5.91 Å². The lowest BCUT2D eigenvalue weighted by molar-refractivity contribution is -0.693. The fraction of sp³-hybridized carbons (Fsp3) is 0.273. The number of rotatable bonds is 9. The molecule has 156 valence electrons. The number of hydrogen-bond acceptors (Lipinski definition) is 4. The number of Topliss-reactive ketones (excluding diaryl/α,β-unsaturated/α-hetero) is 1. The number of quaternary nitrogens is 1. The molecular formula is C22H27ClN2O4. The molecule has 7 heteroatoms. The quantitative estimate of drug-likeness (QED) is 0.315. The standard InChI is InChI=1S/C22H26N2O4.ClH/c1-14(2)22(28)24-18-6-4-5-17(13-18)20(26)11-12-23-15(3)21(27)16-7-9-19(25)10-8-16;/h4-10,13,15,21,23,25,27H,1,11-12H2,2-3H3,(H,24,28);1H. The van der Waals surface area contributed by atoms with Gasteiger partial charge in [-0.3, -0.25) is 9.59 Å². The lowest BCUT2D eigenvalue weighted by Gasteiger charge is -2.17. The summed E-state index contributed by atoms with van der Waals surface area (Å²) in [5.41, 5.74) is 2.19. The number of benzene rings is 2. The molecule has 1 amide bonds. The lowest BCUT2D eigenvalue weighted by Crippen LogP contribution is -3.00. The largest absolute Gasteiger partial charge is 1.00 e. The SMILES string of the molecule is C=C(C)C(=O)Nc1cccc(C(=O)CC[NH2+]C(C)C(O)c2ccc(O)cc2)c1.[Cl-]. The Morgan fingerprint density at radius 2 is 1.83 bits per heavy atom. The van der Waals surface area contributed by atoms with Crippen molar-refractivity contribution in [2.45, 2.75) is 32.4 Å². The Labute approximate surface area is 177 Å². The van der Waals surface area contributed by atoms with Crippen molar-refractivity contribution < 1.29 is 37.5 Å². The van der Waals surface area contributed by atoms with E-state index in [0.29, 0.717) is 35.4 Å². The first kappa shape index (κ1) is 24.4. The smallest absolute Gasteiger partial charge is 0.250 e. The maximum absolute atomic E-state index is 12.4. The number of aromatic hydroxyl groups is 1. The molecule has 2 atom stereocenters. The molecule has 5 N–H and O–H groups in total. The summed E-state index contributed by atoms with van der Waals surface area (Å²) < 4.78 is 0. The molecule has 2 rings (SSSR count). The van der Waals surface area contributed by atoms with Crippen LogP contribution in [0, 0.1) is 0 Å². The van der Waals surface area contributed by atoms with Gasteiger partial charge in [0.05, 0.1) is 13.0 Å². The van der Waals surface area contributed by atoms with Gasteiger partial charge in [-0.25, -0.2) is 0 Å². The topological polar surface area (TPSA) is 103 Å². The van der Waals surface area contributed by atoms with Crippen LogP contribution in [0.3, 0.4) is 0 Å². The van der Waals surface area contributed by atoms with Crippen LogP contribution in [0.25, 0.3) is 0 Å². The number of anilines is 1. The molecule has 0 aliphatic carbocycles. The van der Waals surface area contributed by atoms with E-state index in [-0.39, 0.29) is 35.9 Å². The molecule has 0 bridgehead atoms. The zero-order valence-corrected chi connectivity index (χ0v) is 17.3. The fourth-order valence-electron chi connectivity index (χ4n) is 2.73. The van der Waals surface area contributed by atoms with E-state index in [1.54, 1.807) is 43.3 Å². The van der Waals surface area contributed by atoms with Gasteiger partial charge in [0.1, 0.15) is 17.9 Å². The highest BCUT2D eigenvalue weighted by molar-refractivity contribution is 6.04. The van der Waals surface area contributed by atoms with E-state index < -0.39 is 6.10 Å². The van der Waals surface area contributed by atoms with E-state index in [2.05, 4.69) is 11.9 Å². The molecule has 0 aliphatic heterocycles. The van der Waals surface area contributed by atoms with E-state index in [0.717, 1.165) is 0 Å². The van der Waals surface area contributed by atoms with E-state index >= 15 is 0 Å². The van der Waals surface area contributed by atoms with Crippen molar-refractivity contribution in [1.82, 2.24) is 0 Å². The van der Waals surface area contributed by atoms with Crippen molar-refractivity contribution in [2.24, 2.45) is 0 Å². The Morgan fingerprint density at radius 1 is 1.17 bits per heavy atom. The number of ketones is 1. The van der Waals surface area contributed by atoms with Gasteiger partial charge in [0.2, 0.25) is 0 Å². The maximum Gasteiger partial charge on any atom is 0.250 e. The average molecular weight is 419 g/mol. The second kappa shape index (κ2) is 11.4. The number of phenols is 1. The lowest BCUT2D eigenvalue weighted by atomic mass is 10.0. The first-order chi connectivity index (χ1) is 13.3.